The van der Waals surface area contributed by atoms with Crippen LogP contribution in [-0.4, -0.2) is 4.99 Å². The van der Waals surface area contributed by atoms with E-state index in [1.807, 2.05) is 0 Å². The number of aryl methyl sites for hydroxylation is 2. The second kappa shape index (κ2) is 3.12. The first-order valence-corrected chi connectivity index (χ1v) is 3.79. The molecule has 0 bridgehead atoms. The summed E-state index contributed by atoms with van der Waals surface area (Å²) in [5.41, 5.74) is 3.75. The summed E-state index contributed by atoms with van der Waals surface area (Å²) in [6.07, 6.45) is 0. The van der Waals surface area contributed by atoms with Crippen molar-refractivity contribution in [1.82, 2.24) is 0 Å². The zero-order valence-electron chi connectivity index (χ0n) is 6.13. The van der Waals surface area contributed by atoms with Gasteiger partial charge in [0.1, 0.15) is 0 Å². The van der Waals surface area contributed by atoms with Gasteiger partial charge in [0.15, 0.2) is 0 Å². The summed E-state index contributed by atoms with van der Waals surface area (Å²) in [5.74, 6) is 0. The minimum absolute atomic E-state index is 1.21. The summed E-state index contributed by atoms with van der Waals surface area (Å²) in [6.45, 7) is 4.16. The van der Waals surface area contributed by atoms with Gasteiger partial charge < -0.3 is 0 Å². The number of benzene rings is 1. The van der Waals surface area contributed by atoms with Crippen LogP contribution in [-0.2, 0) is 15.0 Å². The second-order valence-corrected chi connectivity index (χ2v) is 2.68. The standard InChI is InChI=1S/C9H10.Ni/c1-7-5-4-6-8(2)9(7)3;/h3-6H,1-2H3;. The van der Waals surface area contributed by atoms with Crippen molar-refractivity contribution in [3.8, 4) is 0 Å². The Balaban J connectivity index is 3.30. The van der Waals surface area contributed by atoms with E-state index >= 15 is 0 Å². The monoisotopic (exact) mass is 176 g/mol. The zero-order chi connectivity index (χ0) is 7.56. The predicted octanol–water partition coefficient (Wildman–Crippen LogP) is 2.00. The van der Waals surface area contributed by atoms with Gasteiger partial charge in [-0.15, -0.1) is 0 Å². The van der Waals surface area contributed by atoms with Gasteiger partial charge in [-0.3, -0.25) is 0 Å². The molecule has 0 aliphatic heterocycles. The molecule has 1 rings (SSSR count). The number of hydrogen-bond acceptors (Lipinski definition) is 0. The molecule has 0 spiro atoms. The van der Waals surface area contributed by atoms with Gasteiger partial charge in [0.25, 0.3) is 0 Å². The maximum absolute atomic E-state index is 4.59. The normalized spacial score (nSPS) is 9.60. The Kier molecular flexibility index (Phi) is 2.40. The van der Waals surface area contributed by atoms with Gasteiger partial charge in [0.2, 0.25) is 0 Å². The van der Waals surface area contributed by atoms with Crippen molar-refractivity contribution in [1.29, 1.82) is 0 Å². The molecule has 0 saturated heterocycles. The summed E-state index contributed by atoms with van der Waals surface area (Å²) in [7, 11) is 0. The van der Waals surface area contributed by atoms with Crippen molar-refractivity contribution >= 4 is 4.99 Å². The van der Waals surface area contributed by atoms with E-state index in [0.29, 0.717) is 0 Å². The summed E-state index contributed by atoms with van der Waals surface area (Å²) in [5, 5.41) is 0. The molecule has 0 saturated carbocycles. The molecule has 10 heavy (non-hydrogen) atoms. The first kappa shape index (κ1) is 7.69. The Labute approximate surface area is 69.2 Å². The summed E-state index contributed by atoms with van der Waals surface area (Å²) < 4.78 is 0. The molecule has 0 nitrogen and oxygen atoms in total. The van der Waals surface area contributed by atoms with Gasteiger partial charge >= 0.3 is 68.8 Å². The van der Waals surface area contributed by atoms with Gasteiger partial charge in [-0.1, -0.05) is 0 Å². The molecule has 0 N–H and O–H groups in total. The van der Waals surface area contributed by atoms with Gasteiger partial charge in [-0.05, 0) is 0 Å². The SMILES string of the molecule is Cc1cccc(C)c1[CH]=[Ni]. The average Bonchev–Trinajstić information content (AvgIpc) is 1.88. The molecular weight excluding hydrogens is 167 g/mol. The van der Waals surface area contributed by atoms with Crippen LogP contribution in [0.5, 0.6) is 0 Å². The van der Waals surface area contributed by atoms with E-state index in [0.717, 1.165) is 0 Å². The molecular formula is C9H10Ni. The summed E-state index contributed by atoms with van der Waals surface area (Å²) in [4.78, 5) is 1.78. The van der Waals surface area contributed by atoms with Gasteiger partial charge in [-0.2, -0.15) is 0 Å². The Morgan fingerprint density at radius 1 is 1.20 bits per heavy atom. The fourth-order valence-electron chi connectivity index (χ4n) is 0.971. The third-order valence-electron chi connectivity index (χ3n) is 1.63. The van der Waals surface area contributed by atoms with Crippen molar-refractivity contribution in [2.75, 3.05) is 0 Å². The average molecular weight is 177 g/mol. The van der Waals surface area contributed by atoms with Gasteiger partial charge in [0, 0.05) is 0 Å². The van der Waals surface area contributed by atoms with Crippen molar-refractivity contribution in [3.63, 3.8) is 0 Å². The third kappa shape index (κ3) is 1.35. The molecule has 0 radical (unpaired) electrons. The second-order valence-electron chi connectivity index (χ2n) is 2.40. The number of rotatable bonds is 1. The fourth-order valence-corrected chi connectivity index (χ4v) is 1.42. The molecule has 0 atom stereocenters. The van der Waals surface area contributed by atoms with Crippen LogP contribution < -0.4 is 0 Å². The molecule has 0 heterocycles. The summed E-state index contributed by atoms with van der Waals surface area (Å²) in [6, 6.07) is 6.22. The van der Waals surface area contributed by atoms with Gasteiger partial charge in [0.05, 0.1) is 0 Å². The van der Waals surface area contributed by atoms with E-state index in [9.17, 15) is 0 Å². The molecule has 0 aliphatic carbocycles. The Morgan fingerprint density at radius 2 is 1.70 bits per heavy atom. The van der Waals surface area contributed by atoms with Crippen molar-refractivity contribution in [2.45, 2.75) is 13.8 Å². The molecule has 56 valence electrons. The Morgan fingerprint density at radius 3 is 2.00 bits per heavy atom. The van der Waals surface area contributed by atoms with Crippen LogP contribution >= 0.6 is 0 Å². The van der Waals surface area contributed by atoms with Crippen LogP contribution in [0.2, 0.25) is 0 Å². The zero-order valence-corrected chi connectivity index (χ0v) is 7.11. The first-order chi connectivity index (χ1) is 4.75. The van der Waals surface area contributed by atoms with Crippen LogP contribution in [0.4, 0.5) is 0 Å². The third-order valence-corrected chi connectivity index (χ3v) is 1.92. The van der Waals surface area contributed by atoms with Crippen molar-refractivity contribution < 1.29 is 15.0 Å². The van der Waals surface area contributed by atoms with E-state index in [1.165, 1.54) is 16.7 Å². The van der Waals surface area contributed by atoms with Crippen LogP contribution in [0.15, 0.2) is 18.2 Å². The topological polar surface area (TPSA) is 0 Å². The molecule has 0 amide bonds. The Bertz CT molecular complexity index is 231. The van der Waals surface area contributed by atoms with E-state index in [4.69, 9.17) is 0 Å². The molecule has 0 fully saturated rings. The van der Waals surface area contributed by atoms with E-state index in [2.05, 4.69) is 47.1 Å². The van der Waals surface area contributed by atoms with Crippen molar-refractivity contribution in [3.05, 3.63) is 34.9 Å². The predicted molar refractivity (Wildman–Crippen MR) is 41.1 cm³/mol. The van der Waals surface area contributed by atoms with E-state index < -0.39 is 0 Å². The quantitative estimate of drug-likeness (QED) is 0.575. The first-order valence-electron chi connectivity index (χ1n) is 3.22. The number of hydrogen-bond donors (Lipinski definition) is 0. The molecule has 1 heteroatoms. The van der Waals surface area contributed by atoms with Crippen LogP contribution in [0.3, 0.4) is 0 Å². The minimum atomic E-state index is 1.21. The molecule has 1 aromatic rings. The van der Waals surface area contributed by atoms with Crippen LogP contribution in [0, 0.1) is 13.8 Å². The molecule has 0 aromatic heterocycles. The molecule has 0 unspecified atom stereocenters. The maximum atomic E-state index is 4.59. The van der Waals surface area contributed by atoms with Crippen LogP contribution in [0.1, 0.15) is 16.7 Å². The summed E-state index contributed by atoms with van der Waals surface area (Å²) >= 11 is 4.59. The van der Waals surface area contributed by atoms with E-state index in [1.54, 1.807) is 4.99 Å². The molecule has 1 aromatic carbocycles. The van der Waals surface area contributed by atoms with Crippen molar-refractivity contribution in [2.24, 2.45) is 0 Å². The molecule has 0 aliphatic rings. The Hall–Kier alpha value is -0.416. The fraction of sp³-hybridized carbons (Fsp3) is 0.222. The van der Waals surface area contributed by atoms with Crippen LogP contribution in [0.25, 0.3) is 0 Å². The van der Waals surface area contributed by atoms with E-state index in [-0.39, 0.29) is 0 Å². The van der Waals surface area contributed by atoms with Gasteiger partial charge in [-0.25, -0.2) is 0 Å².